The smallest absolute Gasteiger partial charge is 0.328 e. The van der Waals surface area contributed by atoms with E-state index in [0.717, 1.165) is 41.1 Å². The molecule has 42 heavy (non-hydrogen) atoms. The lowest BCUT2D eigenvalue weighted by Gasteiger charge is -2.40. The van der Waals surface area contributed by atoms with E-state index in [1.165, 1.54) is 31.0 Å². The Morgan fingerprint density at radius 1 is 1.14 bits per heavy atom. The molecule has 3 atom stereocenters. The number of aliphatic hydroxyl groups is 1. The fourth-order valence-corrected chi connectivity index (χ4v) is 5.94. The molecule has 1 saturated carbocycles. The molecule has 0 spiro atoms. The van der Waals surface area contributed by atoms with Crippen molar-refractivity contribution >= 4 is 29.2 Å². The van der Waals surface area contributed by atoms with Gasteiger partial charge < -0.3 is 14.6 Å². The predicted molar refractivity (Wildman–Crippen MR) is 163 cm³/mol. The van der Waals surface area contributed by atoms with Crippen LogP contribution in [-0.2, 0) is 32.0 Å². The maximum Gasteiger partial charge on any atom is 0.328 e. The molecule has 0 saturated heterocycles. The molecule has 1 N–H and O–H groups in total. The Labute approximate surface area is 253 Å². The minimum absolute atomic E-state index is 0.0882. The standard InChI is InChI=1S/C17H22ClN3O.C15H21NO4/c1-16(2)8-7-14(9-13-3-5-15(18)6-4-13)17(16,22)10-21-12-19-11-20-21;1-10-7-6-8-11(2)14(10)16(13(17)9-19-4)12(3)15(18)20-5/h3-6,11-12,14,22H,7-10H2,1-2H3;6-8,12H,9H2,1-5H3/t;12-/m.1/s1. The van der Waals surface area contributed by atoms with Gasteiger partial charge in [0.2, 0.25) is 0 Å². The molecule has 1 fully saturated rings. The van der Waals surface area contributed by atoms with Crippen molar-refractivity contribution in [3.8, 4) is 0 Å². The molecule has 1 aromatic heterocycles. The third-order valence-electron chi connectivity index (χ3n) is 8.38. The molecule has 1 heterocycles. The molecular weight excluding hydrogens is 556 g/mol. The molecule has 2 unspecified atom stereocenters. The third kappa shape index (κ3) is 7.56. The van der Waals surface area contributed by atoms with Crippen LogP contribution >= 0.6 is 11.6 Å². The average Bonchev–Trinajstić information content (AvgIpc) is 3.53. The summed E-state index contributed by atoms with van der Waals surface area (Å²) in [5.41, 5.74) is 2.85. The summed E-state index contributed by atoms with van der Waals surface area (Å²) in [6.45, 7) is 10.1. The lowest BCUT2D eigenvalue weighted by molar-refractivity contribution is -0.143. The summed E-state index contributed by atoms with van der Waals surface area (Å²) in [6.07, 6.45) is 6.06. The SMILES string of the molecule is CC1(C)CCC(Cc2ccc(Cl)cc2)C1(O)Cn1cncn1.COCC(=O)N(c1c(C)cccc1C)[C@H](C)C(=O)OC. The van der Waals surface area contributed by atoms with Crippen LogP contribution in [0.2, 0.25) is 5.02 Å². The number of hydrogen-bond donors (Lipinski definition) is 1. The Morgan fingerprint density at radius 2 is 1.79 bits per heavy atom. The second-order valence-electron chi connectivity index (χ2n) is 11.6. The van der Waals surface area contributed by atoms with Gasteiger partial charge in [-0.2, -0.15) is 5.10 Å². The number of rotatable bonds is 9. The van der Waals surface area contributed by atoms with Crippen molar-refractivity contribution < 1.29 is 24.2 Å². The van der Waals surface area contributed by atoms with E-state index in [-0.39, 0.29) is 23.8 Å². The molecule has 2 aromatic carbocycles. The number of aromatic nitrogens is 3. The number of aryl methyl sites for hydroxylation is 2. The van der Waals surface area contributed by atoms with E-state index in [4.69, 9.17) is 21.1 Å². The van der Waals surface area contributed by atoms with E-state index in [9.17, 15) is 14.7 Å². The summed E-state index contributed by atoms with van der Waals surface area (Å²) in [5, 5.41) is 16.4. The molecule has 0 aliphatic heterocycles. The van der Waals surface area contributed by atoms with E-state index in [2.05, 4.69) is 23.9 Å². The number of anilines is 1. The number of hydrogen-bond acceptors (Lipinski definition) is 7. The Morgan fingerprint density at radius 3 is 2.33 bits per heavy atom. The summed E-state index contributed by atoms with van der Waals surface area (Å²) in [5.74, 6) is -0.534. The van der Waals surface area contributed by atoms with Crippen LogP contribution < -0.4 is 4.90 Å². The minimum Gasteiger partial charge on any atom is -0.467 e. The molecule has 1 amide bonds. The van der Waals surface area contributed by atoms with Crippen molar-refractivity contribution in [2.75, 3.05) is 25.7 Å². The number of carbonyl (C=O) groups excluding carboxylic acids is 2. The van der Waals surface area contributed by atoms with Crippen LogP contribution in [0, 0.1) is 25.2 Å². The monoisotopic (exact) mass is 598 g/mol. The topological polar surface area (TPSA) is 107 Å². The predicted octanol–water partition coefficient (Wildman–Crippen LogP) is 5.19. The molecule has 4 rings (SSSR count). The first-order chi connectivity index (χ1) is 19.8. The largest absolute Gasteiger partial charge is 0.467 e. The second kappa shape index (κ2) is 14.3. The molecule has 1 aliphatic rings. The Hall–Kier alpha value is -3.27. The zero-order valence-corrected chi connectivity index (χ0v) is 26.4. The van der Waals surface area contributed by atoms with E-state index in [1.807, 2.05) is 56.3 Å². The number of benzene rings is 2. The van der Waals surface area contributed by atoms with Gasteiger partial charge in [-0.25, -0.2) is 9.78 Å². The van der Waals surface area contributed by atoms with E-state index in [0.29, 0.717) is 6.54 Å². The number of para-hydroxylation sites is 1. The normalized spacial score (nSPS) is 19.9. The lowest BCUT2D eigenvalue weighted by atomic mass is 9.72. The van der Waals surface area contributed by atoms with Crippen molar-refractivity contribution in [2.24, 2.45) is 11.3 Å². The number of carbonyl (C=O) groups is 2. The van der Waals surface area contributed by atoms with Gasteiger partial charge in [-0.15, -0.1) is 0 Å². The molecule has 3 aromatic rings. The Bertz CT molecular complexity index is 1310. The summed E-state index contributed by atoms with van der Waals surface area (Å²) in [6, 6.07) is 12.9. The van der Waals surface area contributed by atoms with Crippen LogP contribution in [0.1, 0.15) is 50.3 Å². The average molecular weight is 599 g/mol. The highest BCUT2D eigenvalue weighted by Crippen LogP contribution is 2.51. The van der Waals surface area contributed by atoms with Crippen LogP contribution in [0.15, 0.2) is 55.1 Å². The van der Waals surface area contributed by atoms with Crippen molar-refractivity contribution in [1.29, 1.82) is 0 Å². The summed E-state index contributed by atoms with van der Waals surface area (Å²) < 4.78 is 11.4. The molecule has 9 nitrogen and oxygen atoms in total. The minimum atomic E-state index is -0.791. The van der Waals surface area contributed by atoms with Gasteiger partial charge in [0.1, 0.15) is 25.3 Å². The van der Waals surface area contributed by atoms with Crippen LogP contribution in [0.3, 0.4) is 0 Å². The molecule has 0 bridgehead atoms. The molecule has 0 radical (unpaired) electrons. The zero-order valence-electron chi connectivity index (χ0n) is 25.6. The van der Waals surface area contributed by atoms with Gasteiger partial charge in [0.15, 0.2) is 0 Å². The quantitative estimate of drug-likeness (QED) is 0.338. The molecule has 228 valence electrons. The van der Waals surface area contributed by atoms with Crippen molar-refractivity contribution in [3.05, 3.63) is 76.8 Å². The highest BCUT2D eigenvalue weighted by molar-refractivity contribution is 6.30. The summed E-state index contributed by atoms with van der Waals surface area (Å²) in [7, 11) is 2.76. The first kappa shape index (κ1) is 33.2. The van der Waals surface area contributed by atoms with Crippen molar-refractivity contribution in [3.63, 3.8) is 0 Å². The highest BCUT2D eigenvalue weighted by Gasteiger charge is 2.54. The number of amides is 1. The van der Waals surface area contributed by atoms with Crippen molar-refractivity contribution in [1.82, 2.24) is 14.8 Å². The molecule has 10 heteroatoms. The number of methoxy groups -OCH3 is 2. The van der Waals surface area contributed by atoms with Gasteiger partial charge in [0.25, 0.3) is 5.91 Å². The van der Waals surface area contributed by atoms with Crippen LogP contribution in [0.4, 0.5) is 5.69 Å². The fourth-order valence-electron chi connectivity index (χ4n) is 5.81. The fraction of sp³-hybridized carbons (Fsp3) is 0.500. The number of nitrogens with zero attached hydrogens (tertiary/aromatic N) is 4. The first-order valence-electron chi connectivity index (χ1n) is 14.1. The Kier molecular flexibility index (Phi) is 11.3. The van der Waals surface area contributed by atoms with Crippen LogP contribution in [0.25, 0.3) is 0 Å². The number of esters is 1. The van der Waals surface area contributed by atoms with Gasteiger partial charge in [-0.1, -0.05) is 55.8 Å². The van der Waals surface area contributed by atoms with Gasteiger partial charge in [0.05, 0.1) is 24.9 Å². The zero-order chi connectivity index (χ0) is 31.1. The Balaban J connectivity index is 0.000000232. The van der Waals surface area contributed by atoms with Crippen LogP contribution in [0.5, 0.6) is 0 Å². The first-order valence-corrected chi connectivity index (χ1v) is 14.5. The van der Waals surface area contributed by atoms with E-state index in [1.54, 1.807) is 17.9 Å². The van der Waals surface area contributed by atoms with Gasteiger partial charge in [-0.05, 0) is 80.2 Å². The van der Waals surface area contributed by atoms with Gasteiger partial charge >= 0.3 is 5.97 Å². The maximum atomic E-state index is 12.3. The van der Waals surface area contributed by atoms with Crippen LogP contribution in [-0.4, -0.2) is 64.2 Å². The highest BCUT2D eigenvalue weighted by atomic mass is 35.5. The van der Waals surface area contributed by atoms with E-state index >= 15 is 0 Å². The number of ether oxygens (including phenoxy) is 2. The molecular formula is C32H43ClN4O5. The van der Waals surface area contributed by atoms with Crippen molar-refractivity contribution in [2.45, 2.75) is 72.1 Å². The third-order valence-corrected chi connectivity index (χ3v) is 8.63. The maximum absolute atomic E-state index is 12.3. The lowest BCUT2D eigenvalue weighted by Crippen LogP contribution is -2.49. The molecule has 1 aliphatic carbocycles. The van der Waals surface area contributed by atoms with E-state index < -0.39 is 17.6 Å². The number of halogens is 1. The summed E-state index contributed by atoms with van der Waals surface area (Å²) in [4.78, 5) is 29.5. The second-order valence-corrected chi connectivity index (χ2v) is 12.0. The summed E-state index contributed by atoms with van der Waals surface area (Å²) >= 11 is 5.96. The van der Waals surface area contributed by atoms with Gasteiger partial charge in [-0.3, -0.25) is 14.4 Å². The van der Waals surface area contributed by atoms with Gasteiger partial charge in [0, 0.05) is 12.1 Å².